The predicted molar refractivity (Wildman–Crippen MR) is 103 cm³/mol. The molecule has 2 heterocycles. The Kier molecular flexibility index (Phi) is 4.37. The highest BCUT2D eigenvalue weighted by Gasteiger charge is 2.18. The molecule has 2 aromatic carbocycles. The van der Waals surface area contributed by atoms with Crippen LogP contribution in [0.25, 0.3) is 28.3 Å². The first-order valence-electron chi connectivity index (χ1n) is 8.15. The summed E-state index contributed by atoms with van der Waals surface area (Å²) in [7, 11) is 4.72. The van der Waals surface area contributed by atoms with Gasteiger partial charge in [-0.05, 0) is 29.8 Å². The van der Waals surface area contributed by atoms with E-state index in [1.54, 1.807) is 21.3 Å². The predicted octanol–water partition coefficient (Wildman–Crippen LogP) is 4.07. The minimum Gasteiger partial charge on any atom is -0.493 e. The number of methoxy groups -OCH3 is 3. The topological polar surface area (TPSA) is 73.7 Å². The molecule has 138 valence electrons. The summed E-state index contributed by atoms with van der Waals surface area (Å²) >= 11 is 5.97. The normalized spacial score (nSPS) is 11.0. The van der Waals surface area contributed by atoms with Crippen molar-refractivity contribution in [2.45, 2.75) is 0 Å². The molecule has 4 aromatic rings. The van der Waals surface area contributed by atoms with Crippen LogP contribution in [0.3, 0.4) is 0 Å². The Morgan fingerprint density at radius 1 is 0.852 bits per heavy atom. The number of ether oxygens (including phenoxy) is 3. The number of halogens is 1. The third kappa shape index (κ3) is 2.96. The summed E-state index contributed by atoms with van der Waals surface area (Å²) in [5, 5.41) is 12.6. The number of fused-ring (bicyclic) bond motifs is 1. The van der Waals surface area contributed by atoms with Crippen LogP contribution >= 0.6 is 11.6 Å². The highest BCUT2D eigenvalue weighted by Crippen LogP contribution is 2.40. The van der Waals surface area contributed by atoms with Crippen LogP contribution in [0.2, 0.25) is 5.02 Å². The molecule has 0 unspecified atom stereocenters. The van der Waals surface area contributed by atoms with Crippen molar-refractivity contribution in [2.75, 3.05) is 21.3 Å². The highest BCUT2D eigenvalue weighted by molar-refractivity contribution is 6.30. The number of hydrogen-bond donors (Lipinski definition) is 1. The molecule has 27 heavy (non-hydrogen) atoms. The standard InChI is InChI=1S/C19H17ClN4O3/c1-25-15-8-12(9-16(26-2)18(15)27-3)19-22-21-17-10-14(23-24(17)19)11-4-6-13(20)7-5-11/h4-10,23H,1-3H3. The monoisotopic (exact) mass is 384 g/mol. The van der Waals surface area contributed by atoms with Crippen LogP contribution in [-0.4, -0.2) is 41.1 Å². The van der Waals surface area contributed by atoms with Gasteiger partial charge in [-0.25, -0.2) is 4.52 Å². The van der Waals surface area contributed by atoms with E-state index in [0.717, 1.165) is 16.8 Å². The van der Waals surface area contributed by atoms with E-state index in [2.05, 4.69) is 15.3 Å². The van der Waals surface area contributed by atoms with Gasteiger partial charge in [0.05, 0.1) is 27.0 Å². The van der Waals surface area contributed by atoms with E-state index < -0.39 is 0 Å². The molecule has 1 N–H and O–H groups in total. The summed E-state index contributed by atoms with van der Waals surface area (Å²) in [5.74, 6) is 2.25. The molecule has 0 atom stereocenters. The SMILES string of the molecule is COc1cc(-c2nnc3cc(-c4ccc(Cl)cc4)[nH]n23)cc(OC)c1OC. The van der Waals surface area contributed by atoms with Crippen molar-refractivity contribution in [1.29, 1.82) is 0 Å². The second kappa shape index (κ2) is 6.85. The number of nitrogens with one attached hydrogen (secondary N) is 1. The zero-order chi connectivity index (χ0) is 19.0. The fourth-order valence-electron chi connectivity index (χ4n) is 2.96. The third-order valence-corrected chi connectivity index (χ3v) is 4.52. The van der Waals surface area contributed by atoms with E-state index in [1.165, 1.54) is 0 Å². The number of hydrogen-bond acceptors (Lipinski definition) is 5. The minimum atomic E-state index is 0.526. The Morgan fingerprint density at radius 2 is 1.52 bits per heavy atom. The van der Waals surface area contributed by atoms with E-state index in [0.29, 0.717) is 33.7 Å². The maximum absolute atomic E-state index is 5.97. The van der Waals surface area contributed by atoms with Crippen LogP contribution in [0.4, 0.5) is 0 Å². The summed E-state index contributed by atoms with van der Waals surface area (Å²) in [6.07, 6.45) is 0. The molecule has 0 spiro atoms. The van der Waals surface area contributed by atoms with Crippen LogP contribution in [0.5, 0.6) is 17.2 Å². The Morgan fingerprint density at radius 3 is 2.11 bits per heavy atom. The van der Waals surface area contributed by atoms with Gasteiger partial charge in [0.1, 0.15) is 0 Å². The van der Waals surface area contributed by atoms with E-state index in [-0.39, 0.29) is 0 Å². The summed E-state index contributed by atoms with van der Waals surface area (Å²) in [4.78, 5) is 0. The van der Waals surface area contributed by atoms with Crippen LogP contribution in [-0.2, 0) is 0 Å². The van der Waals surface area contributed by atoms with E-state index in [9.17, 15) is 0 Å². The number of aromatic amines is 1. The van der Waals surface area contributed by atoms with Crippen LogP contribution in [0.1, 0.15) is 0 Å². The van der Waals surface area contributed by atoms with Crippen molar-refractivity contribution in [3.05, 3.63) is 47.5 Å². The number of rotatable bonds is 5. The van der Waals surface area contributed by atoms with E-state index >= 15 is 0 Å². The molecule has 8 heteroatoms. The van der Waals surface area contributed by atoms with Gasteiger partial charge < -0.3 is 14.2 Å². The average Bonchev–Trinajstić information content (AvgIpc) is 3.28. The Balaban J connectivity index is 1.84. The van der Waals surface area contributed by atoms with Gasteiger partial charge >= 0.3 is 0 Å². The van der Waals surface area contributed by atoms with Gasteiger partial charge in [0, 0.05) is 16.7 Å². The van der Waals surface area contributed by atoms with E-state index in [1.807, 2.05) is 47.0 Å². The molecule has 0 bridgehead atoms. The zero-order valence-corrected chi connectivity index (χ0v) is 15.7. The lowest BCUT2D eigenvalue weighted by atomic mass is 10.1. The molecule has 0 amide bonds. The van der Waals surface area contributed by atoms with Crippen LogP contribution < -0.4 is 14.2 Å². The Hall–Kier alpha value is -3.19. The van der Waals surface area contributed by atoms with Crippen molar-refractivity contribution >= 4 is 17.2 Å². The average molecular weight is 385 g/mol. The largest absolute Gasteiger partial charge is 0.493 e. The molecule has 0 saturated carbocycles. The number of H-pyrrole nitrogens is 1. The Labute approximate surface area is 160 Å². The van der Waals surface area contributed by atoms with Crippen molar-refractivity contribution in [3.63, 3.8) is 0 Å². The lowest BCUT2D eigenvalue weighted by molar-refractivity contribution is 0.324. The van der Waals surface area contributed by atoms with Gasteiger partial charge in [-0.1, -0.05) is 23.7 Å². The summed E-state index contributed by atoms with van der Waals surface area (Å²) < 4.78 is 18.0. The second-order valence-electron chi connectivity index (χ2n) is 5.81. The molecule has 0 aliphatic carbocycles. The summed E-state index contributed by atoms with van der Waals surface area (Å²) in [5.41, 5.74) is 3.39. The molecule has 0 radical (unpaired) electrons. The molecule has 7 nitrogen and oxygen atoms in total. The first-order chi connectivity index (χ1) is 13.1. The van der Waals surface area contributed by atoms with Gasteiger partial charge in [0.25, 0.3) is 0 Å². The maximum atomic E-state index is 5.97. The number of nitrogens with zero attached hydrogens (tertiary/aromatic N) is 3. The molecular weight excluding hydrogens is 368 g/mol. The van der Waals surface area contributed by atoms with Gasteiger partial charge in [0.15, 0.2) is 23.0 Å². The Bertz CT molecular complexity index is 1080. The van der Waals surface area contributed by atoms with Crippen LogP contribution in [0.15, 0.2) is 42.5 Å². The van der Waals surface area contributed by atoms with Crippen molar-refractivity contribution in [3.8, 4) is 39.9 Å². The van der Waals surface area contributed by atoms with Gasteiger partial charge in [-0.15, -0.1) is 10.2 Å². The maximum Gasteiger partial charge on any atom is 0.203 e. The van der Waals surface area contributed by atoms with Crippen molar-refractivity contribution < 1.29 is 14.2 Å². The van der Waals surface area contributed by atoms with Gasteiger partial charge in [-0.2, -0.15) is 0 Å². The highest BCUT2D eigenvalue weighted by atomic mass is 35.5. The summed E-state index contributed by atoms with van der Waals surface area (Å²) in [6.45, 7) is 0. The fraction of sp³-hybridized carbons (Fsp3) is 0.158. The summed E-state index contributed by atoms with van der Waals surface area (Å²) in [6, 6.07) is 13.2. The molecule has 0 saturated heterocycles. The minimum absolute atomic E-state index is 0.526. The molecular formula is C19H17ClN4O3. The molecule has 0 fully saturated rings. The molecule has 0 aliphatic heterocycles. The first kappa shape index (κ1) is 17.2. The lowest BCUT2D eigenvalue weighted by Gasteiger charge is -2.13. The third-order valence-electron chi connectivity index (χ3n) is 4.27. The van der Waals surface area contributed by atoms with Gasteiger partial charge in [0.2, 0.25) is 5.75 Å². The number of aromatic nitrogens is 4. The molecule has 2 aromatic heterocycles. The first-order valence-corrected chi connectivity index (χ1v) is 8.53. The second-order valence-corrected chi connectivity index (χ2v) is 6.24. The zero-order valence-electron chi connectivity index (χ0n) is 15.0. The van der Waals surface area contributed by atoms with Crippen LogP contribution in [0, 0.1) is 0 Å². The lowest BCUT2D eigenvalue weighted by Crippen LogP contribution is -1.97. The van der Waals surface area contributed by atoms with Crippen molar-refractivity contribution in [1.82, 2.24) is 19.8 Å². The quantitative estimate of drug-likeness (QED) is 0.561. The molecule has 4 rings (SSSR count). The number of benzene rings is 2. The van der Waals surface area contributed by atoms with Crippen molar-refractivity contribution in [2.24, 2.45) is 0 Å². The van der Waals surface area contributed by atoms with E-state index in [4.69, 9.17) is 25.8 Å². The fourth-order valence-corrected chi connectivity index (χ4v) is 3.08. The smallest absolute Gasteiger partial charge is 0.203 e. The molecule has 0 aliphatic rings. The van der Waals surface area contributed by atoms with Gasteiger partial charge in [-0.3, -0.25) is 5.10 Å².